The van der Waals surface area contributed by atoms with Gasteiger partial charge in [0.1, 0.15) is 5.03 Å². The van der Waals surface area contributed by atoms with Crippen LogP contribution in [0.5, 0.6) is 0 Å². The summed E-state index contributed by atoms with van der Waals surface area (Å²) in [6, 6.07) is 8.56. The van der Waals surface area contributed by atoms with E-state index in [1.54, 1.807) is 11.8 Å². The maximum atomic E-state index is 12.7. The Morgan fingerprint density at radius 2 is 2.04 bits per heavy atom. The van der Waals surface area contributed by atoms with Gasteiger partial charge < -0.3 is 4.90 Å². The van der Waals surface area contributed by atoms with Crippen LogP contribution in [-0.4, -0.2) is 34.1 Å². The van der Waals surface area contributed by atoms with Crippen molar-refractivity contribution in [2.45, 2.75) is 57.4 Å². The van der Waals surface area contributed by atoms with Crippen molar-refractivity contribution >= 4 is 11.8 Å². The van der Waals surface area contributed by atoms with E-state index < -0.39 is 0 Å². The molecule has 1 aliphatic rings. The third-order valence-electron chi connectivity index (χ3n) is 5.19. The largest absolute Gasteiger partial charge is 0.348 e. The molecule has 1 heterocycles. The number of hydrogen-bond donors (Lipinski definition) is 0. The molecule has 0 N–H and O–H groups in total. The lowest BCUT2D eigenvalue weighted by molar-refractivity contribution is 0.286. The van der Waals surface area contributed by atoms with Crippen LogP contribution in [0.15, 0.2) is 34.1 Å². The second-order valence-electron chi connectivity index (χ2n) is 6.93. The van der Waals surface area contributed by atoms with E-state index >= 15 is 0 Å². The first-order valence-electron chi connectivity index (χ1n) is 9.65. The average Bonchev–Trinajstić information content (AvgIpc) is 3.12. The summed E-state index contributed by atoms with van der Waals surface area (Å²) < 4.78 is 1.93. The van der Waals surface area contributed by atoms with E-state index in [4.69, 9.17) is 0 Å². The Morgan fingerprint density at radius 3 is 2.77 bits per heavy atom. The summed E-state index contributed by atoms with van der Waals surface area (Å²) in [6.07, 6.45) is 3.18. The summed E-state index contributed by atoms with van der Waals surface area (Å²) >= 11 is 1.71. The first-order valence-corrected chi connectivity index (χ1v) is 10.6. The topological polar surface area (TPSA) is 38.1 Å². The highest BCUT2D eigenvalue weighted by Crippen LogP contribution is 2.31. The van der Waals surface area contributed by atoms with Crippen LogP contribution in [0.25, 0.3) is 0 Å². The number of aromatic nitrogens is 2. The van der Waals surface area contributed by atoms with Gasteiger partial charge in [0.05, 0.1) is 0 Å². The van der Waals surface area contributed by atoms with Gasteiger partial charge >= 0.3 is 5.69 Å². The summed E-state index contributed by atoms with van der Waals surface area (Å²) in [7, 11) is 0. The van der Waals surface area contributed by atoms with Crippen molar-refractivity contribution in [2.75, 3.05) is 19.6 Å². The number of aryl methyl sites for hydroxylation is 1. The van der Waals surface area contributed by atoms with E-state index in [2.05, 4.69) is 54.9 Å². The van der Waals surface area contributed by atoms with E-state index in [1.165, 1.54) is 22.4 Å². The second kappa shape index (κ2) is 8.87. The number of nitrogens with zero attached hydrogens (tertiary/aromatic N) is 3. The monoisotopic (exact) mass is 371 g/mol. The Balaban J connectivity index is 1.79. The fourth-order valence-electron chi connectivity index (χ4n) is 3.67. The fraction of sp³-hybridized carbons (Fsp3) is 0.524. The summed E-state index contributed by atoms with van der Waals surface area (Å²) in [4.78, 5) is 19.5. The maximum absolute atomic E-state index is 12.7. The molecule has 3 rings (SSSR count). The predicted molar refractivity (Wildman–Crippen MR) is 109 cm³/mol. The molecular formula is C21H29N3OS. The molecule has 0 bridgehead atoms. The molecule has 5 heteroatoms. The van der Waals surface area contributed by atoms with Crippen LogP contribution in [0.2, 0.25) is 0 Å². The number of fused-ring (bicyclic) bond motifs is 1. The van der Waals surface area contributed by atoms with Crippen LogP contribution in [0.1, 0.15) is 42.7 Å². The highest BCUT2D eigenvalue weighted by atomic mass is 32.2. The Bertz CT molecular complexity index is 811. The molecular weight excluding hydrogens is 342 g/mol. The van der Waals surface area contributed by atoms with E-state index in [0.717, 1.165) is 56.2 Å². The van der Waals surface area contributed by atoms with Crippen LogP contribution >= 0.6 is 11.8 Å². The van der Waals surface area contributed by atoms with Crippen LogP contribution in [0.3, 0.4) is 0 Å². The lowest BCUT2D eigenvalue weighted by Gasteiger charge is -2.20. The highest BCUT2D eigenvalue weighted by Gasteiger charge is 2.22. The van der Waals surface area contributed by atoms with Crippen molar-refractivity contribution < 1.29 is 0 Å². The number of benzene rings is 1. The number of likely N-dealkylation sites (N-methyl/N-ethyl adjacent to an activating group) is 1. The Hall–Kier alpha value is -1.59. The van der Waals surface area contributed by atoms with Crippen molar-refractivity contribution in [3.05, 3.63) is 57.1 Å². The molecule has 0 atom stereocenters. The van der Waals surface area contributed by atoms with Gasteiger partial charge in [0.2, 0.25) is 0 Å². The predicted octanol–water partition coefficient (Wildman–Crippen LogP) is 3.67. The van der Waals surface area contributed by atoms with Gasteiger partial charge in [-0.25, -0.2) is 4.79 Å². The molecule has 0 radical (unpaired) electrons. The average molecular weight is 372 g/mol. The molecule has 1 aliphatic carbocycles. The van der Waals surface area contributed by atoms with E-state index in [0.29, 0.717) is 0 Å². The van der Waals surface area contributed by atoms with Gasteiger partial charge in [0, 0.05) is 30.1 Å². The first kappa shape index (κ1) is 19.2. The Labute approximate surface area is 160 Å². The van der Waals surface area contributed by atoms with Gasteiger partial charge in [-0.15, -0.1) is 11.8 Å². The van der Waals surface area contributed by atoms with Crippen molar-refractivity contribution in [3.63, 3.8) is 0 Å². The molecule has 26 heavy (non-hydrogen) atoms. The van der Waals surface area contributed by atoms with E-state index in [1.807, 2.05) is 4.57 Å². The number of thioether (sulfide) groups is 1. The Kier molecular flexibility index (Phi) is 6.54. The molecule has 0 amide bonds. The van der Waals surface area contributed by atoms with Crippen LogP contribution in [0.4, 0.5) is 0 Å². The highest BCUT2D eigenvalue weighted by molar-refractivity contribution is 7.98. The minimum absolute atomic E-state index is 0.0791. The first-order chi connectivity index (χ1) is 12.6. The summed E-state index contributed by atoms with van der Waals surface area (Å²) in [5.74, 6) is 0.865. The van der Waals surface area contributed by atoms with Crippen LogP contribution in [-0.2, 0) is 25.1 Å². The molecule has 1 aromatic carbocycles. The van der Waals surface area contributed by atoms with E-state index in [-0.39, 0.29) is 5.69 Å². The molecule has 0 spiro atoms. The molecule has 0 saturated carbocycles. The minimum Gasteiger partial charge on any atom is -0.302 e. The SMILES string of the molecule is CCN(CC)CCn1c2c(c(SCc3cccc(C)c3)nc1=O)CCC2. The zero-order chi connectivity index (χ0) is 18.5. The van der Waals surface area contributed by atoms with Gasteiger partial charge in [-0.05, 0) is 44.8 Å². The second-order valence-corrected chi connectivity index (χ2v) is 7.90. The maximum Gasteiger partial charge on any atom is 0.348 e. The van der Waals surface area contributed by atoms with Crippen LogP contribution < -0.4 is 5.69 Å². The smallest absolute Gasteiger partial charge is 0.302 e. The Morgan fingerprint density at radius 1 is 1.23 bits per heavy atom. The third-order valence-corrected chi connectivity index (χ3v) is 6.28. The van der Waals surface area contributed by atoms with Crippen molar-refractivity contribution in [1.82, 2.24) is 14.5 Å². The molecule has 0 fully saturated rings. The van der Waals surface area contributed by atoms with Crippen molar-refractivity contribution in [1.29, 1.82) is 0 Å². The molecule has 140 valence electrons. The van der Waals surface area contributed by atoms with Crippen molar-refractivity contribution in [2.24, 2.45) is 0 Å². The summed E-state index contributed by atoms with van der Waals surface area (Å²) in [6.45, 7) is 10.1. The molecule has 0 saturated heterocycles. The minimum atomic E-state index is -0.0791. The zero-order valence-electron chi connectivity index (χ0n) is 16.1. The van der Waals surface area contributed by atoms with Crippen molar-refractivity contribution in [3.8, 4) is 0 Å². The van der Waals surface area contributed by atoms with Gasteiger partial charge in [0.15, 0.2) is 0 Å². The number of rotatable bonds is 8. The lowest BCUT2D eigenvalue weighted by Crippen LogP contribution is -2.33. The molecule has 0 aliphatic heterocycles. The molecule has 2 aromatic rings. The van der Waals surface area contributed by atoms with Gasteiger partial charge in [-0.1, -0.05) is 43.7 Å². The standard InChI is InChI=1S/C21H29N3OS/c1-4-23(5-2)12-13-24-19-11-7-10-18(19)20(22-21(24)25)26-15-17-9-6-8-16(3)14-17/h6,8-9,14H,4-5,7,10-13,15H2,1-3H3. The van der Waals surface area contributed by atoms with Gasteiger partial charge in [-0.3, -0.25) is 4.57 Å². The van der Waals surface area contributed by atoms with Gasteiger partial charge in [0.25, 0.3) is 0 Å². The summed E-state index contributed by atoms with van der Waals surface area (Å²) in [5.41, 5.74) is 5.01. The normalized spacial score (nSPS) is 13.4. The quantitative estimate of drug-likeness (QED) is 0.524. The zero-order valence-corrected chi connectivity index (χ0v) is 16.9. The third kappa shape index (κ3) is 4.38. The van der Waals surface area contributed by atoms with Crippen LogP contribution in [0, 0.1) is 6.92 Å². The molecule has 1 aromatic heterocycles. The van der Waals surface area contributed by atoms with E-state index in [9.17, 15) is 4.79 Å². The molecule has 0 unspecified atom stereocenters. The fourth-order valence-corrected chi connectivity index (χ4v) is 4.69. The van der Waals surface area contributed by atoms with Gasteiger partial charge in [-0.2, -0.15) is 4.98 Å². The number of hydrogen-bond acceptors (Lipinski definition) is 4. The molecule has 4 nitrogen and oxygen atoms in total. The lowest BCUT2D eigenvalue weighted by atomic mass is 10.2. The summed E-state index contributed by atoms with van der Waals surface area (Å²) in [5, 5.41) is 0.947.